The molecule has 1 amide bonds. The second kappa shape index (κ2) is 13.3. The predicted molar refractivity (Wildman–Crippen MR) is 127 cm³/mol. The standard InChI is InChI=1S/C20H19Cl2N3O6.C2HF3O2/c21-12-8-14(18(22)16(9-12)25(29)30)20(28)31-17-2-1-7-23-10-15(17)24-19(27)11-3-5-13(26)6-4-11;3-2(4,5)1(6)7/h3-6,8-9,15,17,23,26H,1-2,7,10H2,(H,24,27);(H,6,7)/t15-,17-;/m1./s1. The second-order valence-electron chi connectivity index (χ2n) is 7.76. The highest BCUT2D eigenvalue weighted by molar-refractivity contribution is 6.37. The van der Waals surface area contributed by atoms with Crippen LogP contribution in [0.15, 0.2) is 36.4 Å². The molecule has 0 aromatic heterocycles. The van der Waals surface area contributed by atoms with Crippen molar-refractivity contribution in [3.05, 3.63) is 67.7 Å². The molecule has 0 saturated carbocycles. The zero-order chi connectivity index (χ0) is 28.6. The van der Waals surface area contributed by atoms with Crippen LogP contribution in [-0.2, 0) is 9.53 Å². The van der Waals surface area contributed by atoms with Crippen LogP contribution in [0.3, 0.4) is 0 Å². The molecule has 1 heterocycles. The minimum Gasteiger partial charge on any atom is -0.508 e. The van der Waals surface area contributed by atoms with Crippen molar-refractivity contribution in [1.82, 2.24) is 10.6 Å². The molecular formula is C22H20Cl2F3N3O8. The number of carbonyl (C=O) groups is 3. The van der Waals surface area contributed by atoms with E-state index in [4.69, 9.17) is 37.8 Å². The molecular weight excluding hydrogens is 562 g/mol. The Balaban J connectivity index is 0.000000638. The molecule has 0 aliphatic carbocycles. The third kappa shape index (κ3) is 8.75. The van der Waals surface area contributed by atoms with E-state index in [2.05, 4.69) is 10.6 Å². The normalized spacial score (nSPS) is 17.3. The van der Waals surface area contributed by atoms with Gasteiger partial charge in [0.15, 0.2) is 0 Å². The number of ether oxygens (including phenoxy) is 1. The molecule has 38 heavy (non-hydrogen) atoms. The molecule has 2 aromatic rings. The summed E-state index contributed by atoms with van der Waals surface area (Å²) in [7, 11) is 0. The number of carboxylic acid groups (broad SMARTS) is 1. The molecule has 1 saturated heterocycles. The van der Waals surface area contributed by atoms with Crippen LogP contribution in [-0.4, -0.2) is 64.4 Å². The van der Waals surface area contributed by atoms with Crippen molar-refractivity contribution >= 4 is 46.7 Å². The third-order valence-corrected chi connectivity index (χ3v) is 5.65. The van der Waals surface area contributed by atoms with Crippen molar-refractivity contribution in [2.75, 3.05) is 13.1 Å². The Morgan fingerprint density at radius 1 is 1.16 bits per heavy atom. The molecule has 11 nitrogen and oxygen atoms in total. The number of halogens is 5. The van der Waals surface area contributed by atoms with Gasteiger partial charge in [0.05, 0.1) is 16.5 Å². The number of hydrogen-bond acceptors (Lipinski definition) is 8. The number of hydrogen-bond donors (Lipinski definition) is 4. The fourth-order valence-corrected chi connectivity index (χ4v) is 3.69. The molecule has 3 rings (SSSR count). The minimum absolute atomic E-state index is 0.0252. The number of aliphatic carboxylic acids is 1. The lowest BCUT2D eigenvalue weighted by molar-refractivity contribution is -0.384. The van der Waals surface area contributed by atoms with Gasteiger partial charge in [0.2, 0.25) is 0 Å². The number of phenols is 1. The van der Waals surface area contributed by atoms with Crippen molar-refractivity contribution in [3.8, 4) is 5.75 Å². The lowest BCUT2D eigenvalue weighted by Crippen LogP contribution is -2.49. The number of nitro groups is 1. The molecule has 1 fully saturated rings. The van der Waals surface area contributed by atoms with Gasteiger partial charge < -0.3 is 25.6 Å². The average molecular weight is 582 g/mol. The Hall–Kier alpha value is -3.62. The van der Waals surface area contributed by atoms with Crippen LogP contribution in [0.1, 0.15) is 33.6 Å². The molecule has 2 aromatic carbocycles. The number of aromatic hydroxyl groups is 1. The molecule has 16 heteroatoms. The van der Waals surface area contributed by atoms with Gasteiger partial charge in [0, 0.05) is 23.2 Å². The van der Waals surface area contributed by atoms with E-state index in [1.54, 1.807) is 0 Å². The maximum atomic E-state index is 12.8. The van der Waals surface area contributed by atoms with Gasteiger partial charge in [-0.1, -0.05) is 23.2 Å². The van der Waals surface area contributed by atoms with E-state index in [-0.39, 0.29) is 21.4 Å². The SMILES string of the molecule is O=C(N[C@@H]1CNCCC[C@H]1OC(=O)c1cc(Cl)cc([N+](=O)[O-])c1Cl)c1ccc(O)cc1.O=C(O)C(F)(F)F. The monoisotopic (exact) mass is 581 g/mol. The van der Waals surface area contributed by atoms with E-state index in [0.717, 1.165) is 6.07 Å². The number of nitrogens with zero attached hydrogens (tertiary/aromatic N) is 1. The van der Waals surface area contributed by atoms with Crippen LogP contribution in [0.4, 0.5) is 18.9 Å². The number of nitrogens with one attached hydrogen (secondary N) is 2. The van der Waals surface area contributed by atoms with E-state index in [0.29, 0.717) is 31.5 Å². The Morgan fingerprint density at radius 3 is 2.32 bits per heavy atom. The van der Waals surface area contributed by atoms with Crippen LogP contribution in [0.25, 0.3) is 0 Å². The lowest BCUT2D eigenvalue weighted by atomic mass is 10.1. The van der Waals surface area contributed by atoms with Crippen LogP contribution in [0.5, 0.6) is 5.75 Å². The zero-order valence-electron chi connectivity index (χ0n) is 19.1. The average Bonchev–Trinajstić information content (AvgIpc) is 3.05. The van der Waals surface area contributed by atoms with Crippen molar-refractivity contribution < 1.29 is 47.4 Å². The van der Waals surface area contributed by atoms with Crippen LogP contribution in [0.2, 0.25) is 10.0 Å². The van der Waals surface area contributed by atoms with Crippen molar-refractivity contribution in [3.63, 3.8) is 0 Å². The van der Waals surface area contributed by atoms with Crippen LogP contribution >= 0.6 is 23.2 Å². The van der Waals surface area contributed by atoms with E-state index in [9.17, 15) is 38.0 Å². The fraction of sp³-hybridized carbons (Fsp3) is 0.318. The van der Waals surface area contributed by atoms with Gasteiger partial charge in [-0.25, -0.2) is 9.59 Å². The summed E-state index contributed by atoms with van der Waals surface area (Å²) >= 11 is 11.9. The quantitative estimate of drug-likeness (QED) is 0.232. The number of nitro benzene ring substituents is 1. The van der Waals surface area contributed by atoms with E-state index in [1.807, 2.05) is 0 Å². The first-order valence-corrected chi connectivity index (χ1v) is 11.4. The minimum atomic E-state index is -5.08. The van der Waals surface area contributed by atoms with Gasteiger partial charge in [0.1, 0.15) is 16.9 Å². The Morgan fingerprint density at radius 2 is 1.76 bits per heavy atom. The molecule has 2 atom stereocenters. The van der Waals surface area contributed by atoms with E-state index >= 15 is 0 Å². The molecule has 0 radical (unpaired) electrons. The summed E-state index contributed by atoms with van der Waals surface area (Å²) in [5.41, 5.74) is -0.386. The maximum absolute atomic E-state index is 12.8. The Labute approximate surface area is 222 Å². The number of alkyl halides is 3. The summed E-state index contributed by atoms with van der Waals surface area (Å²) in [6.45, 7) is 1.02. The zero-order valence-corrected chi connectivity index (χ0v) is 20.6. The highest BCUT2D eigenvalue weighted by Gasteiger charge is 2.38. The number of carboxylic acids is 1. The van der Waals surface area contributed by atoms with Gasteiger partial charge in [-0.2, -0.15) is 13.2 Å². The van der Waals surface area contributed by atoms with Gasteiger partial charge in [-0.3, -0.25) is 14.9 Å². The third-order valence-electron chi connectivity index (χ3n) is 5.04. The Bertz CT molecular complexity index is 1200. The van der Waals surface area contributed by atoms with Gasteiger partial charge in [-0.15, -0.1) is 0 Å². The van der Waals surface area contributed by atoms with Gasteiger partial charge in [0.25, 0.3) is 11.6 Å². The van der Waals surface area contributed by atoms with Crippen molar-refractivity contribution in [2.45, 2.75) is 31.2 Å². The molecule has 206 valence electrons. The van der Waals surface area contributed by atoms with Gasteiger partial charge >= 0.3 is 18.1 Å². The van der Waals surface area contributed by atoms with Gasteiger partial charge in [-0.05, 0) is 49.7 Å². The number of benzene rings is 2. The number of carbonyl (C=O) groups excluding carboxylic acids is 2. The van der Waals surface area contributed by atoms with Crippen molar-refractivity contribution in [1.29, 1.82) is 0 Å². The summed E-state index contributed by atoms with van der Waals surface area (Å²) in [5, 5.41) is 33.3. The van der Waals surface area contributed by atoms with Crippen LogP contribution in [0, 0.1) is 10.1 Å². The number of rotatable bonds is 5. The van der Waals surface area contributed by atoms with Crippen molar-refractivity contribution in [2.24, 2.45) is 0 Å². The topological polar surface area (TPSA) is 168 Å². The molecule has 0 spiro atoms. The van der Waals surface area contributed by atoms with E-state index in [1.165, 1.54) is 30.3 Å². The summed E-state index contributed by atoms with van der Waals surface area (Å²) in [4.78, 5) is 44.7. The summed E-state index contributed by atoms with van der Waals surface area (Å²) in [5.74, 6) is -3.99. The largest absolute Gasteiger partial charge is 0.508 e. The molecule has 0 unspecified atom stereocenters. The maximum Gasteiger partial charge on any atom is 0.490 e. The molecule has 1 aliphatic heterocycles. The number of phenolic OH excluding ortho intramolecular Hbond substituents is 1. The Kier molecular flexibility index (Phi) is 10.7. The van der Waals surface area contributed by atoms with Crippen LogP contribution < -0.4 is 10.6 Å². The first-order valence-electron chi connectivity index (χ1n) is 10.7. The fourth-order valence-electron chi connectivity index (χ4n) is 3.23. The van der Waals surface area contributed by atoms with E-state index < -0.39 is 46.8 Å². The molecule has 0 bridgehead atoms. The first kappa shape index (κ1) is 30.6. The second-order valence-corrected chi connectivity index (χ2v) is 8.58. The highest BCUT2D eigenvalue weighted by Crippen LogP contribution is 2.32. The molecule has 1 aliphatic rings. The summed E-state index contributed by atoms with van der Waals surface area (Å²) in [6.07, 6.45) is -4.63. The summed E-state index contributed by atoms with van der Waals surface area (Å²) in [6, 6.07) is 7.44. The predicted octanol–water partition coefficient (Wildman–Crippen LogP) is 3.95. The summed E-state index contributed by atoms with van der Waals surface area (Å²) < 4.78 is 37.3. The smallest absolute Gasteiger partial charge is 0.490 e. The number of esters is 1. The first-order chi connectivity index (χ1) is 17.7. The highest BCUT2D eigenvalue weighted by atomic mass is 35.5. The molecule has 4 N–H and O–H groups in total. The number of amides is 1. The lowest BCUT2D eigenvalue weighted by Gasteiger charge is -2.26.